The monoisotopic (exact) mass is 637 g/mol. The van der Waals surface area contributed by atoms with Crippen molar-refractivity contribution in [2.24, 2.45) is 0 Å². The van der Waals surface area contributed by atoms with Crippen LogP contribution in [0.4, 0.5) is 5.69 Å². The van der Waals surface area contributed by atoms with E-state index in [1.807, 2.05) is 37.3 Å². The summed E-state index contributed by atoms with van der Waals surface area (Å²) in [6.45, 7) is 1.75. The lowest BCUT2D eigenvalue weighted by Gasteiger charge is -2.34. The van der Waals surface area contributed by atoms with E-state index in [0.717, 1.165) is 9.87 Å². The number of carbonyl (C=O) groups excluding carboxylic acids is 2. The third-order valence-corrected chi connectivity index (χ3v) is 9.31. The SMILES string of the molecule is CCCNC(=O)[C@@H](Cc1ccccc1)N(Cc1ccccc1Cl)C(=O)CN(c1ccccc1Cl)S(=O)(=O)c1ccccc1. The first-order chi connectivity index (χ1) is 20.7. The highest BCUT2D eigenvalue weighted by atomic mass is 35.5. The molecule has 0 aliphatic heterocycles. The fourth-order valence-electron chi connectivity index (χ4n) is 4.62. The summed E-state index contributed by atoms with van der Waals surface area (Å²) in [6, 6.07) is 29.7. The molecule has 0 unspecified atom stereocenters. The first-order valence-corrected chi connectivity index (χ1v) is 16.1. The van der Waals surface area contributed by atoms with Crippen molar-refractivity contribution >= 4 is 50.7 Å². The molecular formula is C33H33Cl2N3O4S. The number of hydrogen-bond acceptors (Lipinski definition) is 4. The molecule has 0 fully saturated rings. The fourth-order valence-corrected chi connectivity index (χ4v) is 6.55. The smallest absolute Gasteiger partial charge is 0.264 e. The van der Waals surface area contributed by atoms with Gasteiger partial charge in [0.15, 0.2) is 0 Å². The van der Waals surface area contributed by atoms with E-state index in [1.165, 1.54) is 17.0 Å². The molecule has 224 valence electrons. The zero-order valence-corrected chi connectivity index (χ0v) is 26.0. The quantitative estimate of drug-likeness (QED) is 0.185. The van der Waals surface area contributed by atoms with E-state index < -0.39 is 28.5 Å². The van der Waals surface area contributed by atoms with Crippen LogP contribution in [0.25, 0.3) is 0 Å². The van der Waals surface area contributed by atoms with Crippen molar-refractivity contribution in [2.75, 3.05) is 17.4 Å². The molecule has 0 aromatic heterocycles. The number of amides is 2. The van der Waals surface area contributed by atoms with Crippen LogP contribution in [-0.4, -0.2) is 44.3 Å². The summed E-state index contributed by atoms with van der Waals surface area (Å²) in [5, 5.41) is 3.50. The summed E-state index contributed by atoms with van der Waals surface area (Å²) >= 11 is 13.0. The van der Waals surface area contributed by atoms with Gasteiger partial charge in [-0.05, 0) is 47.9 Å². The van der Waals surface area contributed by atoms with Gasteiger partial charge in [0.1, 0.15) is 12.6 Å². The molecule has 7 nitrogen and oxygen atoms in total. The van der Waals surface area contributed by atoms with Gasteiger partial charge < -0.3 is 10.2 Å². The first-order valence-electron chi connectivity index (χ1n) is 13.9. The molecule has 0 bridgehead atoms. The van der Waals surface area contributed by atoms with Crippen LogP contribution in [-0.2, 0) is 32.6 Å². The molecule has 10 heteroatoms. The number of para-hydroxylation sites is 1. The lowest BCUT2D eigenvalue weighted by atomic mass is 10.0. The van der Waals surface area contributed by atoms with Crippen molar-refractivity contribution in [1.82, 2.24) is 10.2 Å². The van der Waals surface area contributed by atoms with E-state index in [0.29, 0.717) is 23.6 Å². The molecule has 0 heterocycles. The minimum absolute atomic E-state index is 0.00176. The van der Waals surface area contributed by atoms with Gasteiger partial charge >= 0.3 is 0 Å². The molecule has 2 amide bonds. The van der Waals surface area contributed by atoms with Gasteiger partial charge in [-0.25, -0.2) is 8.42 Å². The predicted molar refractivity (Wildman–Crippen MR) is 172 cm³/mol. The summed E-state index contributed by atoms with van der Waals surface area (Å²) in [5.41, 5.74) is 1.61. The second kappa shape index (κ2) is 15.0. The summed E-state index contributed by atoms with van der Waals surface area (Å²) in [7, 11) is -4.23. The van der Waals surface area contributed by atoms with Crippen LogP contribution in [0.5, 0.6) is 0 Å². The van der Waals surface area contributed by atoms with Gasteiger partial charge in [-0.3, -0.25) is 13.9 Å². The Hall–Kier alpha value is -3.85. The second-order valence-corrected chi connectivity index (χ2v) is 12.6. The maximum absolute atomic E-state index is 14.4. The third-order valence-electron chi connectivity index (χ3n) is 6.85. The van der Waals surface area contributed by atoms with Crippen LogP contribution in [0.3, 0.4) is 0 Å². The highest BCUT2D eigenvalue weighted by molar-refractivity contribution is 7.92. The van der Waals surface area contributed by atoms with E-state index in [2.05, 4.69) is 5.32 Å². The number of nitrogens with zero attached hydrogens (tertiary/aromatic N) is 2. The van der Waals surface area contributed by atoms with Gasteiger partial charge in [-0.2, -0.15) is 0 Å². The number of hydrogen-bond donors (Lipinski definition) is 1. The average molecular weight is 639 g/mol. The Bertz CT molecular complexity index is 1640. The molecule has 4 aromatic rings. The summed E-state index contributed by atoms with van der Waals surface area (Å²) in [6.07, 6.45) is 0.919. The van der Waals surface area contributed by atoms with Crippen LogP contribution in [0.1, 0.15) is 24.5 Å². The third kappa shape index (κ3) is 8.16. The standard InChI is InChI=1S/C33H33Cl2N3O4S/c1-2-21-36-33(40)31(22-25-13-5-3-6-14-25)37(23-26-15-9-10-18-28(26)34)32(39)24-38(30-20-12-11-19-29(30)35)43(41,42)27-16-7-4-8-17-27/h3-20,31H,2,21-24H2,1H3,(H,36,40)/t31-/m1/s1. The number of anilines is 1. The molecule has 0 saturated heterocycles. The molecule has 1 N–H and O–H groups in total. The molecule has 0 radical (unpaired) electrons. The lowest BCUT2D eigenvalue weighted by Crippen LogP contribution is -2.53. The van der Waals surface area contributed by atoms with Crippen molar-refractivity contribution in [3.63, 3.8) is 0 Å². The number of sulfonamides is 1. The molecule has 0 aliphatic carbocycles. The van der Waals surface area contributed by atoms with Gasteiger partial charge in [0.2, 0.25) is 11.8 Å². The maximum atomic E-state index is 14.4. The van der Waals surface area contributed by atoms with E-state index in [9.17, 15) is 18.0 Å². The van der Waals surface area contributed by atoms with Crippen LogP contribution >= 0.6 is 23.2 Å². The predicted octanol–water partition coefficient (Wildman–Crippen LogP) is 6.36. The number of benzene rings is 4. The minimum atomic E-state index is -4.23. The molecule has 4 rings (SSSR count). The van der Waals surface area contributed by atoms with Crippen molar-refractivity contribution in [3.8, 4) is 0 Å². The Morgan fingerprint density at radius 3 is 2.00 bits per heavy atom. The molecule has 0 aliphatic rings. The van der Waals surface area contributed by atoms with Crippen molar-refractivity contribution in [3.05, 3.63) is 130 Å². The average Bonchev–Trinajstić information content (AvgIpc) is 3.02. The Morgan fingerprint density at radius 2 is 1.37 bits per heavy atom. The zero-order chi connectivity index (χ0) is 30.8. The first kappa shape index (κ1) is 32.1. The molecule has 43 heavy (non-hydrogen) atoms. The number of halogens is 2. The van der Waals surface area contributed by atoms with Crippen LogP contribution in [0.15, 0.2) is 114 Å². The highest BCUT2D eigenvalue weighted by Crippen LogP contribution is 2.31. The van der Waals surface area contributed by atoms with Gasteiger partial charge in [0, 0.05) is 24.5 Å². The van der Waals surface area contributed by atoms with Crippen molar-refractivity contribution in [2.45, 2.75) is 37.2 Å². The van der Waals surface area contributed by atoms with E-state index in [4.69, 9.17) is 23.2 Å². The maximum Gasteiger partial charge on any atom is 0.264 e. The largest absolute Gasteiger partial charge is 0.354 e. The van der Waals surface area contributed by atoms with Gasteiger partial charge in [-0.1, -0.05) is 109 Å². The van der Waals surface area contributed by atoms with Crippen LogP contribution in [0.2, 0.25) is 10.0 Å². The van der Waals surface area contributed by atoms with Crippen molar-refractivity contribution in [1.29, 1.82) is 0 Å². The molecular weight excluding hydrogens is 605 g/mol. The topological polar surface area (TPSA) is 86.8 Å². The minimum Gasteiger partial charge on any atom is -0.354 e. The van der Waals surface area contributed by atoms with E-state index >= 15 is 0 Å². The summed E-state index contributed by atoms with van der Waals surface area (Å²) in [5.74, 6) is -0.937. The fraction of sp³-hybridized carbons (Fsp3) is 0.212. The Morgan fingerprint density at radius 1 is 0.791 bits per heavy atom. The number of nitrogens with one attached hydrogen (secondary N) is 1. The van der Waals surface area contributed by atoms with E-state index in [-0.39, 0.29) is 34.5 Å². The molecule has 1 atom stereocenters. The Kier molecular flexibility index (Phi) is 11.2. The number of rotatable bonds is 13. The van der Waals surface area contributed by atoms with Gasteiger partial charge in [0.25, 0.3) is 10.0 Å². The lowest BCUT2D eigenvalue weighted by molar-refractivity contribution is -0.140. The molecule has 0 spiro atoms. The van der Waals surface area contributed by atoms with Crippen LogP contribution < -0.4 is 9.62 Å². The molecule has 4 aromatic carbocycles. The van der Waals surface area contributed by atoms with E-state index in [1.54, 1.807) is 66.7 Å². The van der Waals surface area contributed by atoms with Gasteiger partial charge in [-0.15, -0.1) is 0 Å². The highest BCUT2D eigenvalue weighted by Gasteiger charge is 2.35. The normalized spacial score (nSPS) is 11.9. The number of carbonyl (C=O) groups is 2. The van der Waals surface area contributed by atoms with Gasteiger partial charge in [0.05, 0.1) is 15.6 Å². The summed E-state index contributed by atoms with van der Waals surface area (Å²) < 4.78 is 29.0. The Balaban J connectivity index is 1.81. The van der Waals surface area contributed by atoms with Crippen molar-refractivity contribution < 1.29 is 18.0 Å². The zero-order valence-electron chi connectivity index (χ0n) is 23.7. The van der Waals surface area contributed by atoms with Crippen LogP contribution in [0, 0.1) is 0 Å². The second-order valence-electron chi connectivity index (χ2n) is 9.89. The molecule has 0 saturated carbocycles. The Labute approximate surface area is 263 Å². The summed E-state index contributed by atoms with van der Waals surface area (Å²) in [4.78, 5) is 29.5.